The van der Waals surface area contributed by atoms with Crippen LogP contribution in [0.15, 0.2) is 55.0 Å². The number of para-hydroxylation sites is 1. The highest BCUT2D eigenvalue weighted by molar-refractivity contribution is 6.03. The number of rotatable bonds is 3. The number of nitrogens with one attached hydrogen (secondary N) is 1. The Labute approximate surface area is 115 Å². The number of carbonyl (C=O) groups excluding carboxylic acids is 1. The first-order valence-corrected chi connectivity index (χ1v) is 6.13. The van der Waals surface area contributed by atoms with Crippen LogP contribution in [0.25, 0.3) is 5.69 Å². The van der Waals surface area contributed by atoms with Crippen LogP contribution in [0.1, 0.15) is 10.4 Å². The van der Waals surface area contributed by atoms with Gasteiger partial charge in [-0.2, -0.15) is 10.2 Å². The Balaban J connectivity index is 1.76. The van der Waals surface area contributed by atoms with Crippen LogP contribution in [0.4, 0.5) is 5.82 Å². The monoisotopic (exact) mass is 267 g/mol. The Kier molecular flexibility index (Phi) is 3.04. The molecule has 1 N–H and O–H groups in total. The lowest BCUT2D eigenvalue weighted by Crippen LogP contribution is -2.11. The maximum Gasteiger partial charge on any atom is 0.260 e. The zero-order chi connectivity index (χ0) is 13.9. The summed E-state index contributed by atoms with van der Waals surface area (Å²) in [4.78, 5) is 12.0. The van der Waals surface area contributed by atoms with Crippen molar-refractivity contribution < 1.29 is 4.79 Å². The molecular weight excluding hydrogens is 254 g/mol. The molecule has 6 nitrogen and oxygen atoms in total. The lowest BCUT2D eigenvalue weighted by molar-refractivity contribution is 0.102. The van der Waals surface area contributed by atoms with Crippen LogP contribution in [0.2, 0.25) is 0 Å². The van der Waals surface area contributed by atoms with Gasteiger partial charge in [-0.25, -0.2) is 4.68 Å². The quantitative estimate of drug-likeness (QED) is 0.787. The first-order valence-electron chi connectivity index (χ1n) is 6.13. The van der Waals surface area contributed by atoms with Crippen LogP contribution in [0.5, 0.6) is 0 Å². The van der Waals surface area contributed by atoms with Crippen LogP contribution in [0, 0.1) is 0 Å². The fraction of sp³-hybridized carbons (Fsp3) is 0.0714. The molecule has 3 aromatic rings. The van der Waals surface area contributed by atoms with Gasteiger partial charge < -0.3 is 5.32 Å². The van der Waals surface area contributed by atoms with E-state index in [0.717, 1.165) is 5.69 Å². The van der Waals surface area contributed by atoms with Crippen LogP contribution in [0.3, 0.4) is 0 Å². The molecule has 0 saturated heterocycles. The first-order chi connectivity index (χ1) is 9.72. The molecule has 0 saturated carbocycles. The van der Waals surface area contributed by atoms with Gasteiger partial charge in [-0.1, -0.05) is 18.2 Å². The fourth-order valence-electron chi connectivity index (χ4n) is 1.84. The van der Waals surface area contributed by atoms with Crippen molar-refractivity contribution in [2.45, 2.75) is 0 Å². The normalized spacial score (nSPS) is 10.4. The number of hydrogen-bond acceptors (Lipinski definition) is 3. The third-order valence-corrected chi connectivity index (χ3v) is 2.82. The Bertz CT molecular complexity index is 729. The maximum atomic E-state index is 12.0. The van der Waals surface area contributed by atoms with Gasteiger partial charge >= 0.3 is 0 Å². The highest BCUT2D eigenvalue weighted by atomic mass is 16.1. The molecule has 0 aliphatic rings. The predicted molar refractivity (Wildman–Crippen MR) is 74.7 cm³/mol. The SMILES string of the molecule is Cn1cc(C(=O)Nc2ccn(-c3ccccc3)n2)cn1. The van der Waals surface area contributed by atoms with Gasteiger partial charge in [0.25, 0.3) is 5.91 Å². The maximum absolute atomic E-state index is 12.0. The van der Waals surface area contributed by atoms with E-state index in [-0.39, 0.29) is 5.91 Å². The van der Waals surface area contributed by atoms with Crippen molar-refractivity contribution in [3.63, 3.8) is 0 Å². The zero-order valence-corrected chi connectivity index (χ0v) is 10.9. The second-order valence-corrected chi connectivity index (χ2v) is 4.34. The number of aromatic nitrogens is 4. The molecule has 0 bridgehead atoms. The summed E-state index contributed by atoms with van der Waals surface area (Å²) in [6, 6.07) is 11.5. The Morgan fingerprint density at radius 1 is 1.20 bits per heavy atom. The molecule has 0 radical (unpaired) electrons. The number of hydrogen-bond donors (Lipinski definition) is 1. The number of nitrogens with zero attached hydrogens (tertiary/aromatic N) is 4. The minimum absolute atomic E-state index is 0.226. The Morgan fingerprint density at radius 3 is 2.70 bits per heavy atom. The van der Waals surface area contributed by atoms with Crippen molar-refractivity contribution in [2.24, 2.45) is 7.05 Å². The third-order valence-electron chi connectivity index (χ3n) is 2.82. The molecule has 0 atom stereocenters. The van der Waals surface area contributed by atoms with Gasteiger partial charge in [0.2, 0.25) is 0 Å². The first kappa shape index (κ1) is 12.2. The van der Waals surface area contributed by atoms with Gasteiger partial charge in [0.15, 0.2) is 5.82 Å². The minimum atomic E-state index is -0.226. The zero-order valence-electron chi connectivity index (χ0n) is 10.9. The summed E-state index contributed by atoms with van der Waals surface area (Å²) in [6.07, 6.45) is 4.97. The summed E-state index contributed by atoms with van der Waals surface area (Å²) < 4.78 is 3.29. The van der Waals surface area contributed by atoms with Crippen molar-refractivity contribution in [1.82, 2.24) is 19.6 Å². The van der Waals surface area contributed by atoms with Crippen LogP contribution >= 0.6 is 0 Å². The van der Waals surface area contributed by atoms with Gasteiger partial charge in [0.1, 0.15) is 0 Å². The molecule has 0 spiro atoms. The van der Waals surface area contributed by atoms with E-state index in [1.807, 2.05) is 30.3 Å². The molecule has 3 rings (SSSR count). The van der Waals surface area contributed by atoms with Crippen molar-refractivity contribution in [3.05, 3.63) is 60.6 Å². The van der Waals surface area contributed by atoms with E-state index in [2.05, 4.69) is 15.5 Å². The van der Waals surface area contributed by atoms with E-state index in [9.17, 15) is 4.79 Å². The molecule has 0 aliphatic heterocycles. The van der Waals surface area contributed by atoms with Crippen molar-refractivity contribution in [3.8, 4) is 5.69 Å². The van der Waals surface area contributed by atoms with Gasteiger partial charge in [-0.05, 0) is 12.1 Å². The van der Waals surface area contributed by atoms with E-state index >= 15 is 0 Å². The van der Waals surface area contributed by atoms with Gasteiger partial charge in [-0.15, -0.1) is 0 Å². The van der Waals surface area contributed by atoms with E-state index in [1.165, 1.54) is 6.20 Å². The van der Waals surface area contributed by atoms with E-state index < -0.39 is 0 Å². The molecule has 2 aromatic heterocycles. The summed E-state index contributed by atoms with van der Waals surface area (Å²) in [5.41, 5.74) is 1.44. The molecule has 1 amide bonds. The largest absolute Gasteiger partial charge is 0.305 e. The molecule has 6 heteroatoms. The van der Waals surface area contributed by atoms with Crippen LogP contribution < -0.4 is 5.32 Å². The van der Waals surface area contributed by atoms with Crippen molar-refractivity contribution in [1.29, 1.82) is 0 Å². The Hall–Kier alpha value is -2.89. The molecule has 1 aromatic carbocycles. The van der Waals surface area contributed by atoms with E-state index in [1.54, 1.807) is 34.9 Å². The van der Waals surface area contributed by atoms with E-state index in [4.69, 9.17) is 0 Å². The second-order valence-electron chi connectivity index (χ2n) is 4.34. The lowest BCUT2D eigenvalue weighted by atomic mass is 10.3. The fourth-order valence-corrected chi connectivity index (χ4v) is 1.84. The number of aryl methyl sites for hydroxylation is 1. The number of anilines is 1. The third kappa shape index (κ3) is 2.44. The Morgan fingerprint density at radius 2 is 2.00 bits per heavy atom. The standard InChI is InChI=1S/C14H13N5O/c1-18-10-11(9-15-18)14(20)16-13-7-8-19(17-13)12-5-3-2-4-6-12/h2-10H,1H3,(H,16,17,20). The number of amides is 1. The summed E-state index contributed by atoms with van der Waals surface area (Å²) in [6.45, 7) is 0. The molecular formula is C14H13N5O. The van der Waals surface area contributed by atoms with Crippen molar-refractivity contribution >= 4 is 11.7 Å². The predicted octanol–water partition coefficient (Wildman–Crippen LogP) is 1.86. The summed E-state index contributed by atoms with van der Waals surface area (Å²) >= 11 is 0. The van der Waals surface area contributed by atoms with Crippen LogP contribution in [-0.4, -0.2) is 25.5 Å². The summed E-state index contributed by atoms with van der Waals surface area (Å²) in [7, 11) is 1.76. The average Bonchev–Trinajstić information content (AvgIpc) is 3.09. The van der Waals surface area contributed by atoms with Gasteiger partial charge in [-0.3, -0.25) is 9.48 Å². The summed E-state index contributed by atoms with van der Waals surface area (Å²) in [5, 5.41) is 11.0. The lowest BCUT2D eigenvalue weighted by Gasteiger charge is -2.01. The molecule has 20 heavy (non-hydrogen) atoms. The molecule has 2 heterocycles. The molecule has 0 unspecified atom stereocenters. The highest BCUT2D eigenvalue weighted by Crippen LogP contribution is 2.10. The number of benzene rings is 1. The molecule has 0 fully saturated rings. The van der Waals surface area contributed by atoms with Crippen LogP contribution in [-0.2, 0) is 7.05 Å². The van der Waals surface area contributed by atoms with Gasteiger partial charge in [0, 0.05) is 25.5 Å². The minimum Gasteiger partial charge on any atom is -0.305 e. The number of carbonyl (C=O) groups is 1. The van der Waals surface area contributed by atoms with E-state index in [0.29, 0.717) is 11.4 Å². The molecule has 100 valence electrons. The molecule has 0 aliphatic carbocycles. The van der Waals surface area contributed by atoms with Crippen molar-refractivity contribution in [2.75, 3.05) is 5.32 Å². The van der Waals surface area contributed by atoms with Gasteiger partial charge in [0.05, 0.1) is 17.4 Å². The average molecular weight is 267 g/mol. The second kappa shape index (κ2) is 5.00. The smallest absolute Gasteiger partial charge is 0.260 e. The summed E-state index contributed by atoms with van der Waals surface area (Å²) in [5.74, 6) is 0.277. The topological polar surface area (TPSA) is 64.7 Å². The highest BCUT2D eigenvalue weighted by Gasteiger charge is 2.10.